The van der Waals surface area contributed by atoms with Gasteiger partial charge in [-0.2, -0.15) is 0 Å². The fourth-order valence-electron chi connectivity index (χ4n) is 7.58. The lowest BCUT2D eigenvalue weighted by molar-refractivity contribution is 0.357. The number of rotatable bonds is 8. The molecular formula is C36H48N4. The number of fused-ring (bicyclic) bond motifs is 6. The Morgan fingerprint density at radius 3 is 1.82 bits per heavy atom. The fourth-order valence-corrected chi connectivity index (χ4v) is 7.58. The van der Waals surface area contributed by atoms with E-state index in [0.717, 1.165) is 79.5 Å². The summed E-state index contributed by atoms with van der Waals surface area (Å²) in [7, 11) is 0. The summed E-state index contributed by atoms with van der Waals surface area (Å²) in [6.07, 6.45) is 17.5. The SMILES string of the molecule is CCC1=C(CC)C2=NC1=CC1=C(CC)C(CC)C(CC)(C=c3[nH]c(cc3CC)=CC3=NC(=C2)C(CC)=C3CC)N1. The number of hydrogen-bond donors (Lipinski definition) is 2. The molecule has 2 N–H and O–H groups in total. The van der Waals surface area contributed by atoms with Crippen LogP contribution < -0.4 is 16.0 Å². The lowest BCUT2D eigenvalue weighted by Crippen LogP contribution is -2.45. The third-order valence-electron chi connectivity index (χ3n) is 9.58. The number of aliphatic imine (C=N–C) groups is 2. The number of hydrogen-bond acceptors (Lipinski definition) is 3. The summed E-state index contributed by atoms with van der Waals surface area (Å²) in [5.41, 5.74) is 13.9. The highest BCUT2D eigenvalue weighted by molar-refractivity contribution is 6.24. The van der Waals surface area contributed by atoms with E-state index in [0.29, 0.717) is 5.92 Å². The molecule has 1 aromatic rings. The topological polar surface area (TPSA) is 52.5 Å². The molecule has 5 heterocycles. The van der Waals surface area contributed by atoms with E-state index in [4.69, 9.17) is 9.98 Å². The lowest BCUT2D eigenvalue weighted by Gasteiger charge is -2.33. The van der Waals surface area contributed by atoms with E-state index in [9.17, 15) is 0 Å². The summed E-state index contributed by atoms with van der Waals surface area (Å²) in [6.45, 7) is 18.3. The first-order valence-electron chi connectivity index (χ1n) is 15.9. The van der Waals surface area contributed by atoms with Crippen LogP contribution in [-0.4, -0.2) is 21.9 Å². The van der Waals surface area contributed by atoms with Gasteiger partial charge in [0, 0.05) is 22.3 Å². The molecule has 4 nitrogen and oxygen atoms in total. The van der Waals surface area contributed by atoms with Crippen LogP contribution in [0.4, 0.5) is 0 Å². The maximum absolute atomic E-state index is 5.32. The van der Waals surface area contributed by atoms with Crippen molar-refractivity contribution in [1.82, 2.24) is 10.3 Å². The average Bonchev–Trinajstić information content (AvgIpc) is 3.68. The molecule has 40 heavy (non-hydrogen) atoms. The van der Waals surface area contributed by atoms with Gasteiger partial charge < -0.3 is 10.3 Å². The van der Waals surface area contributed by atoms with E-state index in [2.05, 4.69) is 96.1 Å². The van der Waals surface area contributed by atoms with E-state index in [-0.39, 0.29) is 5.54 Å². The Kier molecular flexibility index (Phi) is 8.08. The van der Waals surface area contributed by atoms with Crippen LogP contribution in [0, 0.1) is 5.92 Å². The lowest BCUT2D eigenvalue weighted by atomic mass is 9.77. The molecule has 1 aromatic heterocycles. The van der Waals surface area contributed by atoms with Crippen molar-refractivity contribution in [3.63, 3.8) is 0 Å². The molecule has 2 unspecified atom stereocenters. The van der Waals surface area contributed by atoms with E-state index in [1.165, 1.54) is 44.5 Å². The van der Waals surface area contributed by atoms with Gasteiger partial charge in [0.05, 0.1) is 28.4 Å². The van der Waals surface area contributed by atoms with Crippen LogP contribution in [0.25, 0.3) is 12.2 Å². The van der Waals surface area contributed by atoms with Crippen LogP contribution in [-0.2, 0) is 6.42 Å². The Labute approximate surface area is 241 Å². The minimum Gasteiger partial charge on any atom is -0.375 e. The Morgan fingerprint density at radius 2 is 1.30 bits per heavy atom. The number of aryl methyl sites for hydroxylation is 1. The summed E-state index contributed by atoms with van der Waals surface area (Å²) in [5.74, 6) is 0.444. The van der Waals surface area contributed by atoms with Crippen molar-refractivity contribution >= 4 is 23.6 Å². The van der Waals surface area contributed by atoms with Crippen LogP contribution >= 0.6 is 0 Å². The van der Waals surface area contributed by atoms with Crippen LogP contribution in [0.15, 0.2) is 73.2 Å². The van der Waals surface area contributed by atoms with Gasteiger partial charge in [0.25, 0.3) is 0 Å². The highest BCUT2D eigenvalue weighted by Crippen LogP contribution is 2.43. The second-order valence-corrected chi connectivity index (χ2v) is 11.5. The summed E-state index contributed by atoms with van der Waals surface area (Å²) < 4.78 is 0. The molecular weight excluding hydrogens is 488 g/mol. The molecule has 0 saturated heterocycles. The van der Waals surface area contributed by atoms with Crippen molar-refractivity contribution in [3.05, 3.63) is 79.4 Å². The second kappa shape index (κ2) is 11.4. The number of nitrogens with one attached hydrogen (secondary N) is 2. The first-order chi connectivity index (χ1) is 19.4. The highest BCUT2D eigenvalue weighted by Gasteiger charge is 2.43. The zero-order valence-electron chi connectivity index (χ0n) is 26.0. The predicted molar refractivity (Wildman–Crippen MR) is 172 cm³/mol. The van der Waals surface area contributed by atoms with Gasteiger partial charge in [-0.05, 0) is 115 Å². The maximum Gasteiger partial charge on any atom is 0.0694 e. The zero-order chi connectivity index (χ0) is 28.6. The number of aromatic amines is 1. The summed E-state index contributed by atoms with van der Waals surface area (Å²) in [4.78, 5) is 14.4. The largest absolute Gasteiger partial charge is 0.375 e. The minimum atomic E-state index is -0.133. The monoisotopic (exact) mass is 536 g/mol. The van der Waals surface area contributed by atoms with E-state index < -0.39 is 0 Å². The molecule has 0 aliphatic carbocycles. The molecule has 4 heteroatoms. The molecule has 0 fully saturated rings. The van der Waals surface area contributed by atoms with Crippen molar-refractivity contribution in [2.45, 2.75) is 112 Å². The van der Waals surface area contributed by atoms with Crippen molar-refractivity contribution in [1.29, 1.82) is 0 Å². The van der Waals surface area contributed by atoms with Crippen molar-refractivity contribution < 1.29 is 0 Å². The molecule has 4 aliphatic heterocycles. The summed E-state index contributed by atoms with van der Waals surface area (Å²) in [6, 6.07) is 2.33. The Bertz CT molecular complexity index is 1550. The number of nitrogens with zero attached hydrogens (tertiary/aromatic N) is 2. The van der Waals surface area contributed by atoms with Crippen molar-refractivity contribution in [2.75, 3.05) is 0 Å². The molecule has 4 aliphatic rings. The summed E-state index contributed by atoms with van der Waals surface area (Å²) >= 11 is 0. The second-order valence-electron chi connectivity index (χ2n) is 11.5. The molecule has 0 amide bonds. The van der Waals surface area contributed by atoms with Crippen molar-refractivity contribution in [2.24, 2.45) is 15.9 Å². The molecule has 212 valence electrons. The predicted octanol–water partition coefficient (Wildman–Crippen LogP) is 7.50. The van der Waals surface area contributed by atoms with E-state index in [1.54, 1.807) is 0 Å². The Morgan fingerprint density at radius 1 is 0.700 bits per heavy atom. The van der Waals surface area contributed by atoms with Crippen LogP contribution in [0.5, 0.6) is 0 Å². The highest BCUT2D eigenvalue weighted by atomic mass is 15.0. The normalized spacial score (nSPS) is 24.1. The minimum absolute atomic E-state index is 0.133. The maximum atomic E-state index is 5.32. The van der Waals surface area contributed by atoms with Gasteiger partial charge in [0.15, 0.2) is 0 Å². The van der Waals surface area contributed by atoms with Gasteiger partial charge in [-0.3, -0.25) is 0 Å². The number of allylic oxidation sites excluding steroid dienone is 6. The van der Waals surface area contributed by atoms with E-state index in [1.807, 2.05) is 0 Å². The third kappa shape index (κ3) is 4.54. The number of H-pyrrole nitrogens is 1. The molecule has 5 rings (SSSR count). The third-order valence-corrected chi connectivity index (χ3v) is 9.58. The average molecular weight is 537 g/mol. The Hall–Kier alpha value is -3.14. The first-order valence-corrected chi connectivity index (χ1v) is 15.9. The zero-order valence-corrected chi connectivity index (χ0v) is 26.0. The molecule has 2 atom stereocenters. The molecule has 0 radical (unpaired) electrons. The smallest absolute Gasteiger partial charge is 0.0694 e. The first kappa shape index (κ1) is 28.4. The quantitative estimate of drug-likeness (QED) is 0.355. The van der Waals surface area contributed by atoms with Gasteiger partial charge >= 0.3 is 0 Å². The van der Waals surface area contributed by atoms with Gasteiger partial charge in [0.1, 0.15) is 0 Å². The van der Waals surface area contributed by atoms with Gasteiger partial charge in [0.2, 0.25) is 0 Å². The standard InChI is InChI=1S/C36H48N4/c1-9-22-17-23-18-30-24(10-2)25(11-3)31(38-30)19-32-26(12-4)27(13-5)33(39-32)20-34-28(14-6)29(15-7)36(16-8,40-34)21-35(22)37-23/h17-21,29,37,40H,9-16H2,1-8H3. The Balaban J connectivity index is 1.87. The summed E-state index contributed by atoms with van der Waals surface area (Å²) in [5, 5.41) is 6.47. The molecule has 0 saturated carbocycles. The van der Waals surface area contributed by atoms with E-state index >= 15 is 0 Å². The van der Waals surface area contributed by atoms with Gasteiger partial charge in [-0.25, -0.2) is 9.98 Å². The van der Waals surface area contributed by atoms with Gasteiger partial charge in [-0.15, -0.1) is 0 Å². The van der Waals surface area contributed by atoms with Crippen LogP contribution in [0.2, 0.25) is 0 Å². The molecule has 0 spiro atoms. The van der Waals surface area contributed by atoms with Crippen LogP contribution in [0.1, 0.15) is 106 Å². The fraction of sp³-hybridized carbons (Fsp3) is 0.500. The molecule has 0 aromatic carbocycles. The molecule has 8 bridgehead atoms. The number of aromatic nitrogens is 1. The van der Waals surface area contributed by atoms with Crippen molar-refractivity contribution in [3.8, 4) is 0 Å². The van der Waals surface area contributed by atoms with Crippen LogP contribution in [0.3, 0.4) is 0 Å². The van der Waals surface area contributed by atoms with Gasteiger partial charge in [-0.1, -0.05) is 55.4 Å².